The summed E-state index contributed by atoms with van der Waals surface area (Å²) in [5.41, 5.74) is 3.75. The first kappa shape index (κ1) is 21.9. The minimum Gasteiger partial charge on any atom is -0.497 e. The van der Waals surface area contributed by atoms with Gasteiger partial charge in [-0.15, -0.1) is 0 Å². The van der Waals surface area contributed by atoms with Crippen molar-refractivity contribution in [2.45, 2.75) is 19.2 Å². The predicted octanol–water partition coefficient (Wildman–Crippen LogP) is 4.00. The molecule has 0 spiro atoms. The fourth-order valence-electron chi connectivity index (χ4n) is 3.05. The summed E-state index contributed by atoms with van der Waals surface area (Å²) in [6.45, 7) is 4.00. The number of rotatable bonds is 6. The van der Waals surface area contributed by atoms with Gasteiger partial charge in [0, 0.05) is 25.4 Å². The predicted molar refractivity (Wildman–Crippen MR) is 126 cm³/mol. The maximum absolute atomic E-state index is 11.6. The average molecular weight is 444 g/mol. The highest BCUT2D eigenvalue weighted by molar-refractivity contribution is 8.05. The summed E-state index contributed by atoms with van der Waals surface area (Å²) in [6, 6.07) is 5.74. The number of methoxy groups -OCH3 is 1. The Labute approximate surface area is 184 Å². The van der Waals surface area contributed by atoms with Crippen molar-refractivity contribution in [2.24, 2.45) is 4.99 Å². The third kappa shape index (κ3) is 4.36. The Balaban J connectivity index is 0.00000124. The molecule has 0 amide bonds. The molecule has 0 saturated carbocycles. The van der Waals surface area contributed by atoms with Crippen LogP contribution >= 0.6 is 23.1 Å². The number of likely N-dealkylation sites (N-methyl/N-ethyl adjacent to an activating group) is 1. The molecule has 2 aliphatic heterocycles. The minimum atomic E-state index is 0.00779. The Morgan fingerprint density at radius 2 is 2.13 bits per heavy atom. The van der Waals surface area contributed by atoms with E-state index < -0.39 is 0 Å². The summed E-state index contributed by atoms with van der Waals surface area (Å²) >= 11 is 2.97. The van der Waals surface area contributed by atoms with Gasteiger partial charge in [0.1, 0.15) is 11.1 Å². The maximum Gasteiger partial charge on any atom is 0.211 e. The number of benzene rings is 1. The number of nitrogens with one attached hydrogen (secondary N) is 2. The zero-order chi connectivity index (χ0) is 21.7. The van der Waals surface area contributed by atoms with E-state index in [9.17, 15) is 4.79 Å². The van der Waals surface area contributed by atoms with Gasteiger partial charge >= 0.3 is 0 Å². The molecule has 3 heterocycles. The lowest BCUT2D eigenvalue weighted by Gasteiger charge is -2.26. The van der Waals surface area contributed by atoms with E-state index in [0.29, 0.717) is 10.0 Å². The summed E-state index contributed by atoms with van der Waals surface area (Å²) < 4.78 is 6.26. The van der Waals surface area contributed by atoms with E-state index in [1.807, 2.05) is 63.3 Å². The van der Waals surface area contributed by atoms with Crippen LogP contribution in [-0.2, 0) is 4.79 Å². The molecule has 4 rings (SSSR count). The van der Waals surface area contributed by atoms with Gasteiger partial charge < -0.3 is 20.3 Å². The number of hydrogen-bond acceptors (Lipinski definition) is 8. The van der Waals surface area contributed by atoms with Crippen LogP contribution in [0.3, 0.4) is 0 Å². The molecule has 1 unspecified atom stereocenters. The molecule has 30 heavy (non-hydrogen) atoms. The number of carbonyl (C=O) groups excluding carboxylic acids is 1. The molecule has 0 fully saturated rings. The molecule has 1 aromatic carbocycles. The average Bonchev–Trinajstić information content (AvgIpc) is 3.35. The van der Waals surface area contributed by atoms with Crippen LogP contribution in [0.25, 0.3) is 10.2 Å². The highest BCUT2D eigenvalue weighted by Crippen LogP contribution is 2.41. The number of thiazole rings is 1. The minimum absolute atomic E-state index is 0.00779. The summed E-state index contributed by atoms with van der Waals surface area (Å²) in [5.74, 6) is 0.792. The van der Waals surface area contributed by atoms with Gasteiger partial charge in [-0.1, -0.05) is 36.9 Å². The Kier molecular flexibility index (Phi) is 7.17. The second-order valence-corrected chi connectivity index (χ2v) is 8.44. The molecule has 0 aliphatic carbocycles. The molecule has 2 N–H and O–H groups in total. The van der Waals surface area contributed by atoms with Gasteiger partial charge in [0.15, 0.2) is 6.29 Å². The number of nitrogens with zero attached hydrogens (tertiary/aromatic N) is 3. The second-order valence-electron chi connectivity index (χ2n) is 6.28. The van der Waals surface area contributed by atoms with Crippen molar-refractivity contribution in [3.63, 3.8) is 0 Å². The first-order chi connectivity index (χ1) is 14.6. The Morgan fingerprint density at radius 3 is 2.83 bits per heavy atom. The first-order valence-corrected chi connectivity index (χ1v) is 11.2. The van der Waals surface area contributed by atoms with Crippen molar-refractivity contribution in [3.8, 4) is 5.75 Å². The highest BCUT2D eigenvalue weighted by atomic mass is 32.2. The highest BCUT2D eigenvalue weighted by Gasteiger charge is 2.33. The molecule has 2 aliphatic rings. The molecular formula is C21H25N5O2S2. The summed E-state index contributed by atoms with van der Waals surface area (Å²) in [5, 5.41) is 7.13. The van der Waals surface area contributed by atoms with E-state index in [-0.39, 0.29) is 5.37 Å². The molecule has 1 atom stereocenters. The quantitative estimate of drug-likeness (QED) is 0.397. The summed E-state index contributed by atoms with van der Waals surface area (Å²) in [7, 11) is 5.61. The molecule has 2 aromatic rings. The topological polar surface area (TPSA) is 78.8 Å². The third-order valence-corrected chi connectivity index (χ3v) is 6.43. The number of thioether (sulfide) groups is 1. The largest absolute Gasteiger partial charge is 0.497 e. The van der Waals surface area contributed by atoms with Gasteiger partial charge in [0.05, 0.1) is 34.3 Å². The number of fused-ring (bicyclic) bond motifs is 2. The van der Waals surface area contributed by atoms with Crippen LogP contribution in [0.2, 0.25) is 0 Å². The number of hydrogen-bond donors (Lipinski definition) is 2. The number of allylic oxidation sites excluding steroid dienone is 2. The number of dihydropyridines is 1. The van der Waals surface area contributed by atoms with Gasteiger partial charge in [-0.05, 0) is 30.5 Å². The lowest BCUT2D eigenvalue weighted by atomic mass is 10.1. The zero-order valence-electron chi connectivity index (χ0n) is 17.6. The summed E-state index contributed by atoms with van der Waals surface area (Å²) in [4.78, 5) is 23.2. The first-order valence-electron chi connectivity index (χ1n) is 9.55. The van der Waals surface area contributed by atoms with Gasteiger partial charge in [0.25, 0.3) is 0 Å². The lowest BCUT2D eigenvalue weighted by molar-refractivity contribution is -0.104. The lowest BCUT2D eigenvalue weighted by Crippen LogP contribution is -2.30. The van der Waals surface area contributed by atoms with Crippen LogP contribution in [0.5, 0.6) is 5.75 Å². The van der Waals surface area contributed by atoms with Crippen molar-refractivity contribution in [2.75, 3.05) is 21.2 Å². The molecule has 0 bridgehead atoms. The number of carbonyl (C=O) groups is 1. The van der Waals surface area contributed by atoms with Crippen LogP contribution < -0.4 is 15.4 Å². The fourth-order valence-corrected chi connectivity index (χ4v) is 4.98. The maximum atomic E-state index is 11.6. The summed E-state index contributed by atoms with van der Waals surface area (Å²) in [6.07, 6.45) is 6.38. The van der Waals surface area contributed by atoms with Gasteiger partial charge in [-0.2, -0.15) is 0 Å². The number of aldehydes is 1. The smallest absolute Gasteiger partial charge is 0.211 e. The SMILES string of the molecule is CC.COc1ccc2nc(/N=C/NC3=C(C=O)SC4NC=CC(N(C)C)=C34)sc2c1. The Morgan fingerprint density at radius 1 is 1.33 bits per heavy atom. The van der Waals surface area contributed by atoms with Gasteiger partial charge in [0.2, 0.25) is 5.13 Å². The number of ether oxygens (including phenoxy) is 1. The van der Waals surface area contributed by atoms with Gasteiger partial charge in [-0.25, -0.2) is 9.98 Å². The monoisotopic (exact) mass is 443 g/mol. The number of aliphatic imine (C=N–C) groups is 1. The standard InChI is InChI=1S/C19H19N5O2S2.C2H6/c1-24(2)13-6-7-20-18-16(13)17(15(9-25)27-18)21-10-22-19-23-12-5-4-11(26-3)8-14(12)28-19;1-2/h4-10,18,20H,1-3H3,(H,21,22,23);1-2H3. The molecule has 1 aromatic heterocycles. The fraction of sp³-hybridized carbons (Fsp3) is 0.286. The van der Waals surface area contributed by atoms with Crippen LogP contribution in [0.4, 0.5) is 5.13 Å². The van der Waals surface area contributed by atoms with Crippen LogP contribution in [0, 0.1) is 0 Å². The normalized spacial score (nSPS) is 17.6. The van der Waals surface area contributed by atoms with Crippen LogP contribution in [-0.4, -0.2) is 49.1 Å². The number of aromatic nitrogens is 1. The van der Waals surface area contributed by atoms with Crippen LogP contribution in [0.1, 0.15) is 13.8 Å². The van der Waals surface area contributed by atoms with Crippen molar-refractivity contribution >= 4 is 51.1 Å². The van der Waals surface area contributed by atoms with Crippen molar-refractivity contribution in [1.82, 2.24) is 20.5 Å². The third-order valence-electron chi connectivity index (χ3n) is 4.34. The second kappa shape index (κ2) is 9.82. The van der Waals surface area contributed by atoms with E-state index in [4.69, 9.17) is 4.74 Å². The van der Waals surface area contributed by atoms with Crippen LogP contribution in [0.15, 0.2) is 57.3 Å². The van der Waals surface area contributed by atoms with Crippen molar-refractivity contribution in [3.05, 3.63) is 52.3 Å². The Bertz CT molecular complexity index is 1050. The van der Waals surface area contributed by atoms with E-state index in [1.165, 1.54) is 23.1 Å². The van der Waals surface area contributed by atoms with E-state index in [2.05, 4.69) is 20.6 Å². The van der Waals surface area contributed by atoms with E-state index in [1.54, 1.807) is 13.4 Å². The van der Waals surface area contributed by atoms with Gasteiger partial charge in [-0.3, -0.25) is 4.79 Å². The molecule has 158 valence electrons. The molecule has 9 heteroatoms. The molecule has 0 radical (unpaired) electrons. The molecule has 7 nitrogen and oxygen atoms in total. The molecular weight excluding hydrogens is 418 g/mol. The van der Waals surface area contributed by atoms with E-state index >= 15 is 0 Å². The zero-order valence-corrected chi connectivity index (χ0v) is 19.2. The van der Waals surface area contributed by atoms with Crippen molar-refractivity contribution in [1.29, 1.82) is 0 Å². The molecule has 0 saturated heterocycles. The van der Waals surface area contributed by atoms with Crippen molar-refractivity contribution < 1.29 is 9.53 Å². The van der Waals surface area contributed by atoms with E-state index in [0.717, 1.165) is 39.2 Å². The Hall–Kier alpha value is -2.78.